The number of carbonyl (C=O) groups excluding carboxylic acids is 2. The molecule has 0 spiro atoms. The van der Waals surface area contributed by atoms with Gasteiger partial charge < -0.3 is 5.32 Å². The molecule has 0 bridgehead atoms. The average molecular weight is 405 g/mol. The lowest BCUT2D eigenvalue weighted by atomic mass is 10.0. The molecule has 0 aliphatic heterocycles. The van der Waals surface area contributed by atoms with Crippen LogP contribution >= 0.6 is 23.1 Å². The van der Waals surface area contributed by atoms with E-state index in [0.29, 0.717) is 15.4 Å². The molecule has 0 radical (unpaired) electrons. The average Bonchev–Trinajstić information content (AvgIpc) is 3.34. The standard InChI is InChI=1S/C19H24N4O2S2/c1-11(2)15-7-5-6-8-16(15)20-17(25)12(3)26-19-22-21-18(27-19)23(13(4)24)14-9-10-14/h5-8,11-12,14H,9-10H2,1-4H3,(H,20,25). The highest BCUT2D eigenvalue weighted by molar-refractivity contribution is 8.02. The zero-order valence-corrected chi connectivity index (χ0v) is 17.6. The van der Waals surface area contributed by atoms with Crippen LogP contribution in [0.4, 0.5) is 10.8 Å². The van der Waals surface area contributed by atoms with Crippen molar-refractivity contribution in [1.82, 2.24) is 10.2 Å². The fraction of sp³-hybridized carbons (Fsp3) is 0.474. The number of thioether (sulfide) groups is 1. The predicted molar refractivity (Wildman–Crippen MR) is 111 cm³/mol. The largest absolute Gasteiger partial charge is 0.325 e. The highest BCUT2D eigenvalue weighted by Gasteiger charge is 2.34. The monoisotopic (exact) mass is 404 g/mol. The van der Waals surface area contributed by atoms with E-state index >= 15 is 0 Å². The SMILES string of the molecule is CC(=O)N(c1nnc(SC(C)C(=O)Nc2ccccc2C(C)C)s1)C1CC1. The minimum atomic E-state index is -0.322. The van der Waals surface area contributed by atoms with Gasteiger partial charge >= 0.3 is 0 Å². The van der Waals surface area contributed by atoms with E-state index in [1.54, 1.807) is 11.8 Å². The van der Waals surface area contributed by atoms with Crippen LogP contribution in [0.1, 0.15) is 52.0 Å². The van der Waals surface area contributed by atoms with Crippen LogP contribution in [0, 0.1) is 0 Å². The number of hydrogen-bond acceptors (Lipinski definition) is 6. The van der Waals surface area contributed by atoms with Gasteiger partial charge in [-0.25, -0.2) is 0 Å². The number of rotatable bonds is 7. The maximum absolute atomic E-state index is 12.6. The second-order valence-corrected chi connectivity index (χ2v) is 9.51. The van der Waals surface area contributed by atoms with Crippen molar-refractivity contribution in [3.05, 3.63) is 29.8 Å². The normalized spacial score (nSPS) is 14.9. The van der Waals surface area contributed by atoms with E-state index in [2.05, 4.69) is 29.4 Å². The third-order valence-electron chi connectivity index (χ3n) is 4.34. The van der Waals surface area contributed by atoms with Crippen molar-refractivity contribution in [1.29, 1.82) is 0 Å². The molecule has 1 fully saturated rings. The molecule has 1 heterocycles. The van der Waals surface area contributed by atoms with Gasteiger partial charge in [0.05, 0.1) is 5.25 Å². The molecule has 1 saturated carbocycles. The molecule has 1 N–H and O–H groups in total. The number of nitrogens with one attached hydrogen (secondary N) is 1. The summed E-state index contributed by atoms with van der Waals surface area (Å²) in [5.41, 5.74) is 1.96. The van der Waals surface area contributed by atoms with Gasteiger partial charge in [-0.15, -0.1) is 10.2 Å². The molecule has 8 heteroatoms. The molecule has 1 atom stereocenters. The third-order valence-corrected chi connectivity index (χ3v) is 6.45. The second-order valence-electron chi connectivity index (χ2n) is 6.96. The van der Waals surface area contributed by atoms with Gasteiger partial charge in [-0.1, -0.05) is 55.1 Å². The van der Waals surface area contributed by atoms with Gasteiger partial charge in [0.2, 0.25) is 16.9 Å². The molecule has 1 aromatic carbocycles. The van der Waals surface area contributed by atoms with Gasteiger partial charge in [-0.2, -0.15) is 0 Å². The van der Waals surface area contributed by atoms with Crippen LogP contribution in [-0.4, -0.2) is 33.3 Å². The summed E-state index contributed by atoms with van der Waals surface area (Å²) in [5, 5.41) is 11.6. The topological polar surface area (TPSA) is 75.2 Å². The summed E-state index contributed by atoms with van der Waals surface area (Å²) in [4.78, 5) is 26.2. The molecule has 1 aromatic heterocycles. The lowest BCUT2D eigenvalue weighted by Gasteiger charge is -2.16. The van der Waals surface area contributed by atoms with Crippen LogP contribution in [0.2, 0.25) is 0 Å². The first-order valence-electron chi connectivity index (χ1n) is 9.06. The van der Waals surface area contributed by atoms with Crippen LogP contribution in [0.5, 0.6) is 0 Å². The van der Waals surface area contributed by atoms with Crippen molar-refractivity contribution in [2.75, 3.05) is 10.2 Å². The lowest BCUT2D eigenvalue weighted by Crippen LogP contribution is -2.30. The summed E-state index contributed by atoms with van der Waals surface area (Å²) < 4.78 is 0.691. The minimum Gasteiger partial charge on any atom is -0.325 e. The molecular formula is C19H24N4O2S2. The number of nitrogens with zero attached hydrogens (tertiary/aromatic N) is 3. The minimum absolute atomic E-state index is 0.0127. The number of anilines is 2. The summed E-state index contributed by atoms with van der Waals surface area (Å²) in [6, 6.07) is 8.11. The Morgan fingerprint density at radius 1 is 1.22 bits per heavy atom. The third kappa shape index (κ3) is 4.87. The molecule has 144 valence electrons. The van der Waals surface area contributed by atoms with Crippen LogP contribution in [0.15, 0.2) is 28.6 Å². The Hall–Kier alpha value is -1.93. The van der Waals surface area contributed by atoms with E-state index in [-0.39, 0.29) is 23.1 Å². The second kappa shape index (κ2) is 8.39. The van der Waals surface area contributed by atoms with E-state index < -0.39 is 0 Å². The zero-order valence-electron chi connectivity index (χ0n) is 15.9. The van der Waals surface area contributed by atoms with E-state index in [0.717, 1.165) is 24.1 Å². The van der Waals surface area contributed by atoms with Gasteiger partial charge in [-0.3, -0.25) is 14.5 Å². The first-order chi connectivity index (χ1) is 12.9. The molecule has 1 aliphatic rings. The van der Waals surface area contributed by atoms with Crippen molar-refractivity contribution < 1.29 is 9.59 Å². The molecule has 6 nitrogen and oxygen atoms in total. The summed E-state index contributed by atoms with van der Waals surface area (Å²) in [5.74, 6) is 0.243. The predicted octanol–water partition coefficient (Wildman–Crippen LogP) is 4.30. The van der Waals surface area contributed by atoms with Crippen molar-refractivity contribution in [2.24, 2.45) is 0 Å². The number of carbonyl (C=O) groups is 2. The molecule has 1 unspecified atom stereocenters. The van der Waals surface area contributed by atoms with Crippen molar-refractivity contribution >= 4 is 45.7 Å². The summed E-state index contributed by atoms with van der Waals surface area (Å²) in [7, 11) is 0. The molecule has 27 heavy (non-hydrogen) atoms. The molecule has 1 aliphatic carbocycles. The summed E-state index contributed by atoms with van der Waals surface area (Å²) >= 11 is 2.73. The van der Waals surface area contributed by atoms with E-state index in [9.17, 15) is 9.59 Å². The number of para-hydroxylation sites is 1. The van der Waals surface area contributed by atoms with E-state index in [4.69, 9.17) is 0 Å². The fourth-order valence-corrected chi connectivity index (χ4v) is 4.88. The summed E-state index contributed by atoms with van der Waals surface area (Å²) in [6.45, 7) is 7.61. The quantitative estimate of drug-likeness (QED) is 0.550. The molecular weight excluding hydrogens is 380 g/mol. The summed E-state index contributed by atoms with van der Waals surface area (Å²) in [6.07, 6.45) is 2.02. The Balaban J connectivity index is 1.64. The van der Waals surface area contributed by atoms with E-state index in [1.165, 1.54) is 23.1 Å². The van der Waals surface area contributed by atoms with Crippen molar-refractivity contribution in [3.63, 3.8) is 0 Å². The number of benzene rings is 1. The van der Waals surface area contributed by atoms with E-state index in [1.807, 2.05) is 31.2 Å². The maximum Gasteiger partial charge on any atom is 0.237 e. The lowest BCUT2D eigenvalue weighted by molar-refractivity contribution is -0.117. The number of amides is 2. The maximum atomic E-state index is 12.6. The Labute approximate surface area is 167 Å². The van der Waals surface area contributed by atoms with Gasteiger partial charge in [0, 0.05) is 18.7 Å². The first-order valence-corrected chi connectivity index (χ1v) is 10.8. The Kier molecular flexibility index (Phi) is 6.16. The highest BCUT2D eigenvalue weighted by atomic mass is 32.2. The van der Waals surface area contributed by atoms with Gasteiger partial charge in [0.1, 0.15) is 0 Å². The van der Waals surface area contributed by atoms with Crippen molar-refractivity contribution in [3.8, 4) is 0 Å². The van der Waals surface area contributed by atoms with Crippen LogP contribution in [0.3, 0.4) is 0 Å². The number of hydrogen-bond donors (Lipinski definition) is 1. The van der Waals surface area contributed by atoms with Crippen LogP contribution in [-0.2, 0) is 9.59 Å². The van der Waals surface area contributed by atoms with Crippen LogP contribution in [0.25, 0.3) is 0 Å². The Morgan fingerprint density at radius 3 is 2.56 bits per heavy atom. The first kappa shape index (κ1) is 19.8. The van der Waals surface area contributed by atoms with Gasteiger partial charge in [-0.05, 0) is 37.3 Å². The van der Waals surface area contributed by atoms with Crippen LogP contribution < -0.4 is 10.2 Å². The fourth-order valence-electron chi connectivity index (χ4n) is 2.78. The Morgan fingerprint density at radius 2 is 1.93 bits per heavy atom. The van der Waals surface area contributed by atoms with Gasteiger partial charge in [0.25, 0.3) is 0 Å². The zero-order chi connectivity index (χ0) is 19.6. The van der Waals surface area contributed by atoms with Gasteiger partial charge in [0.15, 0.2) is 4.34 Å². The number of aromatic nitrogens is 2. The Bertz CT molecular complexity index is 833. The van der Waals surface area contributed by atoms with Crippen molar-refractivity contribution in [2.45, 2.75) is 62.1 Å². The smallest absolute Gasteiger partial charge is 0.237 e. The molecule has 2 amide bonds. The highest BCUT2D eigenvalue weighted by Crippen LogP contribution is 2.37. The molecule has 2 aromatic rings. The molecule has 0 saturated heterocycles. The molecule has 3 rings (SSSR count).